The standard InChI is InChI=1S/C17H24N2OS/c1-2-13-21-14-12-19-16(20)17(8-10-18-11-9-17)15-6-4-3-5-7-15/h2-7,18H,1,8-14H2,(H,19,20). The van der Waals surface area contributed by atoms with Crippen LogP contribution in [-0.4, -0.2) is 37.0 Å². The second-order valence-corrected chi connectivity index (χ2v) is 6.47. The zero-order valence-electron chi connectivity index (χ0n) is 12.4. The van der Waals surface area contributed by atoms with Gasteiger partial charge in [-0.3, -0.25) is 4.79 Å². The van der Waals surface area contributed by atoms with Crippen LogP contribution in [0.4, 0.5) is 0 Å². The summed E-state index contributed by atoms with van der Waals surface area (Å²) in [5, 5.41) is 6.48. The number of piperidine rings is 1. The van der Waals surface area contributed by atoms with Crippen molar-refractivity contribution < 1.29 is 4.79 Å². The van der Waals surface area contributed by atoms with Crippen molar-refractivity contribution in [1.29, 1.82) is 0 Å². The Morgan fingerprint density at radius 2 is 2.05 bits per heavy atom. The molecule has 1 aromatic carbocycles. The smallest absolute Gasteiger partial charge is 0.230 e. The van der Waals surface area contributed by atoms with Gasteiger partial charge in [0, 0.05) is 18.1 Å². The summed E-state index contributed by atoms with van der Waals surface area (Å²) in [6, 6.07) is 10.2. The van der Waals surface area contributed by atoms with Crippen LogP contribution in [-0.2, 0) is 10.2 Å². The zero-order chi connectivity index (χ0) is 15.0. The molecule has 4 heteroatoms. The van der Waals surface area contributed by atoms with Gasteiger partial charge in [-0.25, -0.2) is 0 Å². The minimum atomic E-state index is -0.365. The van der Waals surface area contributed by atoms with E-state index in [0.717, 1.165) is 49.5 Å². The van der Waals surface area contributed by atoms with Crippen molar-refractivity contribution in [2.24, 2.45) is 0 Å². The van der Waals surface area contributed by atoms with Crippen LogP contribution in [0.1, 0.15) is 18.4 Å². The molecule has 0 aliphatic carbocycles. The van der Waals surface area contributed by atoms with Gasteiger partial charge in [-0.1, -0.05) is 36.4 Å². The average molecular weight is 304 g/mol. The highest BCUT2D eigenvalue weighted by molar-refractivity contribution is 7.99. The number of carbonyl (C=O) groups excluding carboxylic acids is 1. The summed E-state index contributed by atoms with van der Waals surface area (Å²) in [7, 11) is 0. The van der Waals surface area contributed by atoms with Crippen LogP contribution in [0.25, 0.3) is 0 Å². The number of hydrogen-bond acceptors (Lipinski definition) is 3. The normalized spacial score (nSPS) is 17.1. The van der Waals surface area contributed by atoms with Crippen molar-refractivity contribution in [3.05, 3.63) is 48.6 Å². The zero-order valence-corrected chi connectivity index (χ0v) is 13.3. The Kier molecular flexibility index (Phi) is 6.33. The summed E-state index contributed by atoms with van der Waals surface area (Å²) in [5.74, 6) is 2.04. The van der Waals surface area contributed by atoms with E-state index in [1.165, 1.54) is 0 Å². The second kappa shape index (κ2) is 8.25. The van der Waals surface area contributed by atoms with Crippen molar-refractivity contribution in [3.8, 4) is 0 Å². The predicted molar refractivity (Wildman–Crippen MR) is 90.8 cm³/mol. The molecule has 0 bridgehead atoms. The van der Waals surface area contributed by atoms with Crippen molar-refractivity contribution >= 4 is 17.7 Å². The van der Waals surface area contributed by atoms with Crippen LogP contribution in [0.5, 0.6) is 0 Å². The van der Waals surface area contributed by atoms with Crippen LogP contribution in [0.15, 0.2) is 43.0 Å². The van der Waals surface area contributed by atoms with Crippen molar-refractivity contribution in [2.45, 2.75) is 18.3 Å². The van der Waals surface area contributed by atoms with E-state index in [-0.39, 0.29) is 11.3 Å². The second-order valence-electron chi connectivity index (χ2n) is 5.32. The lowest BCUT2D eigenvalue weighted by Crippen LogP contribution is -2.51. The van der Waals surface area contributed by atoms with Gasteiger partial charge in [-0.15, -0.1) is 6.58 Å². The molecule has 1 saturated heterocycles. The first-order valence-corrected chi connectivity index (χ1v) is 8.68. The molecule has 114 valence electrons. The molecule has 1 fully saturated rings. The molecule has 1 amide bonds. The SMILES string of the molecule is C=CCSCCNC(=O)C1(c2ccccc2)CCNCC1. The number of nitrogens with one attached hydrogen (secondary N) is 2. The molecule has 0 unspecified atom stereocenters. The molecule has 21 heavy (non-hydrogen) atoms. The molecule has 1 aliphatic heterocycles. The van der Waals surface area contributed by atoms with E-state index < -0.39 is 0 Å². The van der Waals surface area contributed by atoms with Gasteiger partial charge in [0.25, 0.3) is 0 Å². The van der Waals surface area contributed by atoms with Gasteiger partial charge in [-0.05, 0) is 31.5 Å². The Balaban J connectivity index is 2.02. The van der Waals surface area contributed by atoms with Crippen LogP contribution < -0.4 is 10.6 Å². The number of benzene rings is 1. The van der Waals surface area contributed by atoms with Crippen LogP contribution in [0.2, 0.25) is 0 Å². The maximum absolute atomic E-state index is 12.8. The lowest BCUT2D eigenvalue weighted by Gasteiger charge is -2.36. The van der Waals surface area contributed by atoms with Crippen molar-refractivity contribution in [1.82, 2.24) is 10.6 Å². The minimum Gasteiger partial charge on any atom is -0.354 e. The van der Waals surface area contributed by atoms with Gasteiger partial charge in [0.05, 0.1) is 5.41 Å². The van der Waals surface area contributed by atoms with Crippen LogP contribution in [0, 0.1) is 0 Å². The van der Waals surface area contributed by atoms with Gasteiger partial charge in [0.1, 0.15) is 0 Å². The quantitative estimate of drug-likeness (QED) is 0.600. The molecule has 2 rings (SSSR count). The van der Waals surface area contributed by atoms with E-state index >= 15 is 0 Å². The summed E-state index contributed by atoms with van der Waals surface area (Å²) in [5.41, 5.74) is 0.776. The number of hydrogen-bond donors (Lipinski definition) is 2. The van der Waals surface area contributed by atoms with Gasteiger partial charge >= 0.3 is 0 Å². The maximum Gasteiger partial charge on any atom is 0.230 e. The fraction of sp³-hybridized carbons (Fsp3) is 0.471. The van der Waals surface area contributed by atoms with Crippen molar-refractivity contribution in [2.75, 3.05) is 31.1 Å². The molecular formula is C17H24N2OS. The first kappa shape index (κ1) is 16.1. The third kappa shape index (κ3) is 4.11. The molecule has 0 aromatic heterocycles. The van der Waals surface area contributed by atoms with Gasteiger partial charge < -0.3 is 10.6 Å². The largest absolute Gasteiger partial charge is 0.354 e. The Hall–Kier alpha value is -1.26. The fourth-order valence-electron chi connectivity index (χ4n) is 2.83. The number of amides is 1. The summed E-state index contributed by atoms with van der Waals surface area (Å²) in [6.45, 7) is 6.22. The molecule has 2 N–H and O–H groups in total. The highest BCUT2D eigenvalue weighted by atomic mass is 32.2. The maximum atomic E-state index is 12.8. The summed E-state index contributed by atoms with van der Waals surface area (Å²) < 4.78 is 0. The van der Waals surface area contributed by atoms with E-state index in [9.17, 15) is 4.79 Å². The topological polar surface area (TPSA) is 41.1 Å². The first-order chi connectivity index (χ1) is 10.3. The predicted octanol–water partition coefficient (Wildman–Crippen LogP) is 2.34. The molecule has 0 radical (unpaired) electrons. The number of rotatable bonds is 7. The van der Waals surface area contributed by atoms with Gasteiger partial charge in [0.15, 0.2) is 0 Å². The third-order valence-electron chi connectivity index (χ3n) is 3.99. The Labute approximate surface area is 131 Å². The summed E-state index contributed by atoms with van der Waals surface area (Å²) in [4.78, 5) is 12.8. The number of carbonyl (C=O) groups is 1. The molecule has 1 aliphatic rings. The molecule has 0 saturated carbocycles. The van der Waals surface area contributed by atoms with E-state index in [1.54, 1.807) is 11.8 Å². The molecule has 1 aromatic rings. The Bertz CT molecular complexity index is 455. The van der Waals surface area contributed by atoms with E-state index in [4.69, 9.17) is 0 Å². The molecule has 0 atom stereocenters. The van der Waals surface area contributed by atoms with E-state index in [0.29, 0.717) is 0 Å². The minimum absolute atomic E-state index is 0.175. The van der Waals surface area contributed by atoms with Crippen LogP contribution in [0.3, 0.4) is 0 Å². The fourth-order valence-corrected chi connectivity index (χ4v) is 3.41. The summed E-state index contributed by atoms with van der Waals surface area (Å²) >= 11 is 1.79. The average Bonchev–Trinajstić information content (AvgIpc) is 2.56. The Morgan fingerprint density at radius 1 is 1.33 bits per heavy atom. The van der Waals surface area contributed by atoms with Crippen LogP contribution >= 0.6 is 11.8 Å². The molecule has 1 heterocycles. The monoisotopic (exact) mass is 304 g/mol. The number of thioether (sulfide) groups is 1. The lowest BCUT2D eigenvalue weighted by atomic mass is 9.72. The van der Waals surface area contributed by atoms with E-state index in [1.807, 2.05) is 24.3 Å². The van der Waals surface area contributed by atoms with E-state index in [2.05, 4.69) is 29.3 Å². The lowest BCUT2D eigenvalue weighted by molar-refractivity contribution is -0.127. The van der Waals surface area contributed by atoms with Gasteiger partial charge in [-0.2, -0.15) is 11.8 Å². The summed E-state index contributed by atoms with van der Waals surface area (Å²) in [6.07, 6.45) is 3.62. The Morgan fingerprint density at radius 3 is 2.71 bits per heavy atom. The molecule has 0 spiro atoms. The highest BCUT2D eigenvalue weighted by Gasteiger charge is 2.40. The third-order valence-corrected chi connectivity index (χ3v) is 4.95. The van der Waals surface area contributed by atoms with Gasteiger partial charge in [0.2, 0.25) is 5.91 Å². The van der Waals surface area contributed by atoms with Crippen molar-refractivity contribution in [3.63, 3.8) is 0 Å². The first-order valence-electron chi connectivity index (χ1n) is 7.53. The highest BCUT2D eigenvalue weighted by Crippen LogP contribution is 2.33. The molecular weight excluding hydrogens is 280 g/mol. The molecule has 3 nitrogen and oxygen atoms in total.